The fourth-order valence-electron chi connectivity index (χ4n) is 1.87. The molecular formula is C15H25NO. The first kappa shape index (κ1) is 14.0. The van der Waals surface area contributed by atoms with Crippen molar-refractivity contribution >= 4 is 0 Å². The van der Waals surface area contributed by atoms with Crippen LogP contribution in [0.3, 0.4) is 0 Å². The minimum atomic E-state index is 0.142. The number of rotatable bonds is 5. The Morgan fingerprint density at radius 3 is 2.24 bits per heavy atom. The molecule has 0 aliphatic heterocycles. The quantitative estimate of drug-likeness (QED) is 0.839. The van der Waals surface area contributed by atoms with E-state index in [1.54, 1.807) is 7.11 Å². The van der Waals surface area contributed by atoms with Crippen molar-refractivity contribution in [3.63, 3.8) is 0 Å². The average molecular weight is 235 g/mol. The van der Waals surface area contributed by atoms with Gasteiger partial charge in [-0.15, -0.1) is 0 Å². The number of methoxy groups -OCH3 is 1. The van der Waals surface area contributed by atoms with Crippen molar-refractivity contribution in [1.29, 1.82) is 0 Å². The Labute approximate surface area is 105 Å². The Kier molecular flexibility index (Phi) is 5.01. The minimum absolute atomic E-state index is 0.142. The Hall–Kier alpha value is -1.02. The summed E-state index contributed by atoms with van der Waals surface area (Å²) in [6, 6.07) is 8.20. The monoisotopic (exact) mass is 235 g/mol. The molecule has 2 nitrogen and oxygen atoms in total. The third-order valence-corrected chi connectivity index (χ3v) is 2.99. The zero-order valence-corrected chi connectivity index (χ0v) is 11.5. The maximum atomic E-state index is 6.18. The van der Waals surface area contributed by atoms with E-state index in [9.17, 15) is 0 Å². The molecule has 0 saturated carbocycles. The molecule has 0 spiro atoms. The van der Waals surface area contributed by atoms with Gasteiger partial charge in [0.2, 0.25) is 0 Å². The SMILES string of the molecule is COc1ccc(C(N)CCCC(C)(C)C)cc1. The molecule has 0 fully saturated rings. The van der Waals surface area contributed by atoms with Gasteiger partial charge in [0.1, 0.15) is 5.75 Å². The molecule has 0 heterocycles. The highest BCUT2D eigenvalue weighted by molar-refractivity contribution is 5.28. The molecular weight excluding hydrogens is 210 g/mol. The zero-order chi connectivity index (χ0) is 12.9. The van der Waals surface area contributed by atoms with E-state index in [1.165, 1.54) is 18.4 Å². The summed E-state index contributed by atoms with van der Waals surface area (Å²) in [6.07, 6.45) is 3.44. The lowest BCUT2D eigenvalue weighted by atomic mass is 9.88. The fourth-order valence-corrected chi connectivity index (χ4v) is 1.87. The topological polar surface area (TPSA) is 35.2 Å². The van der Waals surface area contributed by atoms with Crippen LogP contribution in [0, 0.1) is 5.41 Å². The maximum absolute atomic E-state index is 6.18. The molecule has 1 atom stereocenters. The van der Waals surface area contributed by atoms with Crippen molar-refractivity contribution in [3.8, 4) is 5.75 Å². The van der Waals surface area contributed by atoms with Gasteiger partial charge in [0.05, 0.1) is 7.11 Å². The molecule has 0 bridgehead atoms. The molecule has 2 heteroatoms. The van der Waals surface area contributed by atoms with E-state index >= 15 is 0 Å². The zero-order valence-electron chi connectivity index (χ0n) is 11.5. The second kappa shape index (κ2) is 6.06. The van der Waals surface area contributed by atoms with Gasteiger partial charge in [-0.2, -0.15) is 0 Å². The summed E-state index contributed by atoms with van der Waals surface area (Å²) < 4.78 is 5.13. The van der Waals surface area contributed by atoms with Crippen LogP contribution in [0.2, 0.25) is 0 Å². The van der Waals surface area contributed by atoms with E-state index in [2.05, 4.69) is 32.9 Å². The standard InChI is InChI=1S/C15H25NO/c1-15(2,3)11-5-6-14(16)12-7-9-13(17-4)10-8-12/h7-10,14H,5-6,11,16H2,1-4H3. The van der Waals surface area contributed by atoms with Crippen LogP contribution in [-0.4, -0.2) is 7.11 Å². The summed E-state index contributed by atoms with van der Waals surface area (Å²) in [5.41, 5.74) is 7.77. The summed E-state index contributed by atoms with van der Waals surface area (Å²) >= 11 is 0. The van der Waals surface area contributed by atoms with Crippen molar-refractivity contribution in [2.75, 3.05) is 7.11 Å². The number of ether oxygens (including phenoxy) is 1. The van der Waals surface area contributed by atoms with Gasteiger partial charge in [-0.3, -0.25) is 0 Å². The van der Waals surface area contributed by atoms with Gasteiger partial charge < -0.3 is 10.5 Å². The van der Waals surface area contributed by atoms with Crippen LogP contribution in [0.1, 0.15) is 51.6 Å². The van der Waals surface area contributed by atoms with E-state index in [1.807, 2.05) is 12.1 Å². The second-order valence-electron chi connectivity index (χ2n) is 5.83. The van der Waals surface area contributed by atoms with Crippen LogP contribution in [0.15, 0.2) is 24.3 Å². The molecule has 0 aromatic heterocycles. The molecule has 1 unspecified atom stereocenters. The Balaban J connectivity index is 2.43. The number of hydrogen-bond donors (Lipinski definition) is 1. The van der Waals surface area contributed by atoms with E-state index < -0.39 is 0 Å². The van der Waals surface area contributed by atoms with Crippen molar-refractivity contribution < 1.29 is 4.74 Å². The van der Waals surface area contributed by atoms with Crippen molar-refractivity contribution in [2.24, 2.45) is 11.1 Å². The van der Waals surface area contributed by atoms with Crippen LogP contribution in [-0.2, 0) is 0 Å². The molecule has 0 radical (unpaired) electrons. The summed E-state index contributed by atoms with van der Waals surface area (Å²) in [7, 11) is 1.68. The second-order valence-corrected chi connectivity index (χ2v) is 5.83. The van der Waals surface area contributed by atoms with Crippen LogP contribution >= 0.6 is 0 Å². The van der Waals surface area contributed by atoms with Crippen molar-refractivity contribution in [3.05, 3.63) is 29.8 Å². The third kappa shape index (κ3) is 5.22. The van der Waals surface area contributed by atoms with Crippen molar-refractivity contribution in [2.45, 2.75) is 46.1 Å². The predicted molar refractivity (Wildman–Crippen MR) is 73.2 cm³/mol. The fraction of sp³-hybridized carbons (Fsp3) is 0.600. The molecule has 0 amide bonds. The molecule has 0 aliphatic rings. The number of hydrogen-bond acceptors (Lipinski definition) is 2. The number of nitrogens with two attached hydrogens (primary N) is 1. The Morgan fingerprint density at radius 1 is 1.18 bits per heavy atom. The van der Waals surface area contributed by atoms with Crippen LogP contribution in [0.5, 0.6) is 5.75 Å². The van der Waals surface area contributed by atoms with Crippen LogP contribution in [0.4, 0.5) is 0 Å². The van der Waals surface area contributed by atoms with Gasteiger partial charge in [-0.25, -0.2) is 0 Å². The first-order valence-corrected chi connectivity index (χ1v) is 6.32. The molecule has 0 saturated heterocycles. The Morgan fingerprint density at radius 2 is 1.76 bits per heavy atom. The lowest BCUT2D eigenvalue weighted by molar-refractivity contribution is 0.353. The molecule has 0 aliphatic carbocycles. The lowest BCUT2D eigenvalue weighted by Gasteiger charge is -2.19. The molecule has 96 valence electrons. The molecule has 17 heavy (non-hydrogen) atoms. The highest BCUT2D eigenvalue weighted by atomic mass is 16.5. The van der Waals surface area contributed by atoms with Gasteiger partial charge in [-0.1, -0.05) is 39.3 Å². The van der Waals surface area contributed by atoms with Gasteiger partial charge >= 0.3 is 0 Å². The summed E-state index contributed by atoms with van der Waals surface area (Å²) in [5, 5.41) is 0. The van der Waals surface area contributed by atoms with Crippen LogP contribution in [0.25, 0.3) is 0 Å². The minimum Gasteiger partial charge on any atom is -0.497 e. The van der Waals surface area contributed by atoms with E-state index in [0.29, 0.717) is 5.41 Å². The molecule has 2 N–H and O–H groups in total. The number of benzene rings is 1. The van der Waals surface area contributed by atoms with E-state index in [-0.39, 0.29) is 6.04 Å². The third-order valence-electron chi connectivity index (χ3n) is 2.99. The molecule has 1 rings (SSSR count). The summed E-state index contributed by atoms with van der Waals surface area (Å²) in [5.74, 6) is 0.885. The average Bonchev–Trinajstić information content (AvgIpc) is 2.27. The van der Waals surface area contributed by atoms with E-state index in [0.717, 1.165) is 12.2 Å². The lowest BCUT2D eigenvalue weighted by Crippen LogP contribution is -2.12. The predicted octanol–water partition coefficient (Wildman–Crippen LogP) is 3.91. The summed E-state index contributed by atoms with van der Waals surface area (Å²) in [6.45, 7) is 6.81. The maximum Gasteiger partial charge on any atom is 0.118 e. The van der Waals surface area contributed by atoms with Gasteiger partial charge in [-0.05, 0) is 36.0 Å². The smallest absolute Gasteiger partial charge is 0.118 e. The summed E-state index contributed by atoms with van der Waals surface area (Å²) in [4.78, 5) is 0. The van der Waals surface area contributed by atoms with E-state index in [4.69, 9.17) is 10.5 Å². The largest absolute Gasteiger partial charge is 0.497 e. The van der Waals surface area contributed by atoms with Gasteiger partial charge in [0.25, 0.3) is 0 Å². The van der Waals surface area contributed by atoms with Crippen LogP contribution < -0.4 is 10.5 Å². The molecule has 1 aromatic carbocycles. The first-order valence-electron chi connectivity index (χ1n) is 6.32. The highest BCUT2D eigenvalue weighted by Crippen LogP contribution is 2.25. The normalized spacial score (nSPS) is 13.5. The highest BCUT2D eigenvalue weighted by Gasteiger charge is 2.12. The molecule has 1 aromatic rings. The van der Waals surface area contributed by atoms with Crippen molar-refractivity contribution in [1.82, 2.24) is 0 Å². The van der Waals surface area contributed by atoms with Gasteiger partial charge in [0, 0.05) is 6.04 Å². The van der Waals surface area contributed by atoms with Gasteiger partial charge in [0.15, 0.2) is 0 Å². The Bertz CT molecular complexity index is 324. The first-order chi connectivity index (χ1) is 7.92.